The third-order valence-electron chi connectivity index (χ3n) is 8.05. The molecule has 190 valence electrons. The quantitative estimate of drug-likeness (QED) is 0.592. The van der Waals surface area contributed by atoms with E-state index < -0.39 is 5.60 Å². The van der Waals surface area contributed by atoms with Crippen molar-refractivity contribution in [2.45, 2.75) is 71.3 Å². The number of ether oxygens (including phenoxy) is 1. The number of carbonyl (C=O) groups excluding carboxylic acids is 3. The van der Waals surface area contributed by atoms with E-state index in [0.29, 0.717) is 50.2 Å². The lowest BCUT2D eigenvalue weighted by Gasteiger charge is -2.44. The molecule has 0 bridgehead atoms. The molecular formula is C30H36N2O4. The summed E-state index contributed by atoms with van der Waals surface area (Å²) in [4.78, 5) is 42.7. The Morgan fingerprint density at radius 3 is 2.50 bits per heavy atom. The Kier molecular flexibility index (Phi) is 6.62. The fourth-order valence-electron chi connectivity index (χ4n) is 5.96. The number of likely N-dealkylation sites (tertiary alicyclic amines) is 1. The maximum absolute atomic E-state index is 13.4. The highest BCUT2D eigenvalue weighted by Gasteiger charge is 2.46. The standard InChI is InChI=1S/C30H36N2O4/c1-4-5-6-22-7-9-24(10-8-22)32-19-23(17-27(32)34)29(35)31-13-11-30(12-14-31)18-26(33)25-16-20(2)15-21(3)28(25)36-30/h7-10,15-16,23H,4-6,11-14,17-19H2,1-3H3. The number of nitrogens with zero attached hydrogens (tertiary/aromatic N) is 2. The number of benzene rings is 2. The summed E-state index contributed by atoms with van der Waals surface area (Å²) < 4.78 is 6.48. The molecule has 2 aromatic carbocycles. The molecule has 2 fully saturated rings. The van der Waals surface area contributed by atoms with Crippen molar-refractivity contribution in [3.8, 4) is 5.75 Å². The van der Waals surface area contributed by atoms with Gasteiger partial charge in [-0.1, -0.05) is 31.5 Å². The van der Waals surface area contributed by atoms with Crippen LogP contribution in [0.4, 0.5) is 5.69 Å². The van der Waals surface area contributed by atoms with Gasteiger partial charge >= 0.3 is 0 Å². The van der Waals surface area contributed by atoms with Gasteiger partial charge in [0.2, 0.25) is 11.8 Å². The number of ketones is 1. The van der Waals surface area contributed by atoms with Crippen molar-refractivity contribution in [3.05, 3.63) is 58.7 Å². The van der Waals surface area contributed by atoms with Gasteiger partial charge in [-0.25, -0.2) is 0 Å². The van der Waals surface area contributed by atoms with E-state index in [4.69, 9.17) is 4.74 Å². The van der Waals surface area contributed by atoms with E-state index in [-0.39, 0.29) is 29.9 Å². The van der Waals surface area contributed by atoms with Gasteiger partial charge in [0.25, 0.3) is 0 Å². The molecule has 0 aliphatic carbocycles. The zero-order chi connectivity index (χ0) is 25.4. The van der Waals surface area contributed by atoms with Crippen LogP contribution in [0.1, 0.15) is 72.5 Å². The lowest BCUT2D eigenvalue weighted by Crippen LogP contribution is -2.53. The van der Waals surface area contributed by atoms with Crippen LogP contribution in [-0.2, 0) is 16.0 Å². The number of aryl methyl sites for hydroxylation is 3. The van der Waals surface area contributed by atoms with Gasteiger partial charge < -0.3 is 14.5 Å². The summed E-state index contributed by atoms with van der Waals surface area (Å²) in [5.74, 6) is 0.544. The first kappa shape index (κ1) is 24.5. The number of amides is 2. The molecule has 2 amide bonds. The Morgan fingerprint density at radius 1 is 1.08 bits per heavy atom. The van der Waals surface area contributed by atoms with Crippen LogP contribution in [0.3, 0.4) is 0 Å². The summed E-state index contributed by atoms with van der Waals surface area (Å²) in [6.07, 6.45) is 5.21. The van der Waals surface area contributed by atoms with Crippen molar-refractivity contribution in [3.63, 3.8) is 0 Å². The van der Waals surface area contributed by atoms with Crippen molar-refractivity contribution in [2.24, 2.45) is 5.92 Å². The molecule has 2 saturated heterocycles. The predicted octanol–water partition coefficient (Wildman–Crippen LogP) is 5.03. The first-order valence-electron chi connectivity index (χ1n) is 13.3. The number of carbonyl (C=O) groups is 3. The lowest BCUT2D eigenvalue weighted by molar-refractivity contribution is -0.139. The molecule has 2 aromatic rings. The molecule has 6 nitrogen and oxygen atoms in total. The molecular weight excluding hydrogens is 452 g/mol. The molecule has 0 aromatic heterocycles. The minimum atomic E-state index is -0.544. The van der Waals surface area contributed by atoms with Crippen LogP contribution in [0, 0.1) is 19.8 Å². The fourth-order valence-corrected chi connectivity index (χ4v) is 5.96. The zero-order valence-electron chi connectivity index (χ0n) is 21.6. The van der Waals surface area contributed by atoms with Gasteiger partial charge in [-0.2, -0.15) is 0 Å². The molecule has 3 aliphatic heterocycles. The predicted molar refractivity (Wildman–Crippen MR) is 140 cm³/mol. The van der Waals surface area contributed by atoms with E-state index >= 15 is 0 Å². The minimum Gasteiger partial charge on any atom is -0.486 e. The second-order valence-corrected chi connectivity index (χ2v) is 10.8. The molecule has 0 N–H and O–H groups in total. The number of piperidine rings is 1. The SMILES string of the molecule is CCCCc1ccc(N2CC(C(=O)N3CCC4(CC3)CC(=O)c3cc(C)cc(C)c3O4)CC2=O)cc1. The maximum atomic E-state index is 13.4. The number of Topliss-reactive ketones (excluding diaryl/α,β-unsaturated/α-hetero) is 1. The average molecular weight is 489 g/mol. The Labute approximate surface area is 213 Å². The van der Waals surface area contributed by atoms with Crippen LogP contribution in [0.25, 0.3) is 0 Å². The van der Waals surface area contributed by atoms with E-state index in [1.807, 2.05) is 43.0 Å². The number of hydrogen-bond donors (Lipinski definition) is 0. The van der Waals surface area contributed by atoms with Crippen molar-refractivity contribution in [1.82, 2.24) is 4.90 Å². The van der Waals surface area contributed by atoms with Crippen molar-refractivity contribution in [1.29, 1.82) is 0 Å². The van der Waals surface area contributed by atoms with E-state index in [1.54, 1.807) is 4.90 Å². The summed E-state index contributed by atoms with van der Waals surface area (Å²) in [7, 11) is 0. The highest BCUT2D eigenvalue weighted by atomic mass is 16.5. The Morgan fingerprint density at radius 2 is 1.81 bits per heavy atom. The molecule has 1 spiro atoms. The van der Waals surface area contributed by atoms with E-state index in [2.05, 4.69) is 19.1 Å². The van der Waals surface area contributed by atoms with Gasteiger partial charge in [-0.3, -0.25) is 14.4 Å². The normalized spacial score (nSPS) is 21.0. The number of hydrogen-bond acceptors (Lipinski definition) is 4. The molecule has 1 unspecified atom stereocenters. The molecule has 0 saturated carbocycles. The summed E-state index contributed by atoms with van der Waals surface area (Å²) in [6, 6.07) is 12.1. The third kappa shape index (κ3) is 4.65. The second kappa shape index (κ2) is 9.72. The number of rotatable bonds is 5. The molecule has 3 aliphatic rings. The Bertz CT molecular complexity index is 1180. The van der Waals surface area contributed by atoms with Crippen molar-refractivity contribution >= 4 is 23.3 Å². The van der Waals surface area contributed by atoms with Crippen LogP contribution in [-0.4, -0.2) is 47.7 Å². The summed E-state index contributed by atoms with van der Waals surface area (Å²) in [5, 5.41) is 0. The van der Waals surface area contributed by atoms with Crippen LogP contribution in [0.2, 0.25) is 0 Å². The third-order valence-corrected chi connectivity index (χ3v) is 8.05. The van der Waals surface area contributed by atoms with E-state index in [1.165, 1.54) is 5.56 Å². The molecule has 6 heteroatoms. The summed E-state index contributed by atoms with van der Waals surface area (Å²) in [5.41, 5.74) is 4.33. The van der Waals surface area contributed by atoms with Crippen LogP contribution >= 0.6 is 0 Å². The molecule has 0 radical (unpaired) electrons. The zero-order valence-corrected chi connectivity index (χ0v) is 21.6. The van der Waals surface area contributed by atoms with E-state index in [0.717, 1.165) is 36.1 Å². The topological polar surface area (TPSA) is 66.9 Å². The van der Waals surface area contributed by atoms with Crippen molar-refractivity contribution < 1.29 is 19.1 Å². The number of anilines is 1. The Balaban J connectivity index is 1.21. The largest absolute Gasteiger partial charge is 0.486 e. The van der Waals surface area contributed by atoms with Gasteiger partial charge in [0.1, 0.15) is 11.4 Å². The molecule has 1 atom stereocenters. The minimum absolute atomic E-state index is 0.00623. The van der Waals surface area contributed by atoms with Crippen molar-refractivity contribution in [2.75, 3.05) is 24.5 Å². The smallest absolute Gasteiger partial charge is 0.228 e. The maximum Gasteiger partial charge on any atom is 0.228 e. The van der Waals surface area contributed by atoms with Gasteiger partial charge in [-0.15, -0.1) is 0 Å². The highest BCUT2D eigenvalue weighted by Crippen LogP contribution is 2.42. The van der Waals surface area contributed by atoms with Gasteiger partial charge in [0, 0.05) is 44.6 Å². The van der Waals surface area contributed by atoms with Crippen LogP contribution in [0.15, 0.2) is 36.4 Å². The highest BCUT2D eigenvalue weighted by molar-refractivity contribution is 6.01. The summed E-state index contributed by atoms with van der Waals surface area (Å²) >= 11 is 0. The van der Waals surface area contributed by atoms with Crippen LogP contribution < -0.4 is 9.64 Å². The van der Waals surface area contributed by atoms with Gasteiger partial charge in [0.15, 0.2) is 5.78 Å². The van der Waals surface area contributed by atoms with E-state index in [9.17, 15) is 14.4 Å². The monoisotopic (exact) mass is 488 g/mol. The fraction of sp³-hybridized carbons (Fsp3) is 0.500. The molecule has 5 rings (SSSR count). The van der Waals surface area contributed by atoms with Gasteiger partial charge in [-0.05, 0) is 61.6 Å². The number of fused-ring (bicyclic) bond motifs is 1. The van der Waals surface area contributed by atoms with Crippen LogP contribution in [0.5, 0.6) is 5.75 Å². The first-order valence-corrected chi connectivity index (χ1v) is 13.3. The molecule has 36 heavy (non-hydrogen) atoms. The second-order valence-electron chi connectivity index (χ2n) is 10.8. The van der Waals surface area contributed by atoms with Gasteiger partial charge in [0.05, 0.1) is 17.9 Å². The summed E-state index contributed by atoms with van der Waals surface area (Å²) in [6.45, 7) is 7.67. The average Bonchev–Trinajstić information content (AvgIpc) is 3.25. The Hall–Kier alpha value is -3.15. The molecule has 3 heterocycles. The number of unbranched alkanes of at least 4 members (excludes halogenated alkanes) is 1. The first-order chi connectivity index (χ1) is 17.3. The lowest BCUT2D eigenvalue weighted by atomic mass is 9.81.